The number of benzene rings is 2. The van der Waals surface area contributed by atoms with Gasteiger partial charge in [0.2, 0.25) is 11.8 Å². The Bertz CT molecular complexity index is 1150. The molecule has 8 nitrogen and oxygen atoms in total. The highest BCUT2D eigenvalue weighted by Crippen LogP contribution is 2.30. The lowest BCUT2D eigenvalue weighted by Crippen LogP contribution is -2.52. The average molecular weight is 522 g/mol. The minimum absolute atomic E-state index is 0.0327. The second-order valence-corrected chi connectivity index (χ2v) is 10.5. The third-order valence-electron chi connectivity index (χ3n) is 5.06. The highest BCUT2D eigenvalue weighted by Gasteiger charge is 2.43. The van der Waals surface area contributed by atoms with Crippen LogP contribution in [0.4, 0.5) is 0 Å². The van der Waals surface area contributed by atoms with Gasteiger partial charge in [-0.25, -0.2) is 12.7 Å². The van der Waals surface area contributed by atoms with Crippen molar-refractivity contribution < 1.29 is 22.8 Å². The maximum atomic E-state index is 13.3. The third kappa shape index (κ3) is 4.86. The zero-order chi connectivity index (χ0) is 23.6. The van der Waals surface area contributed by atoms with E-state index in [-0.39, 0.29) is 29.0 Å². The van der Waals surface area contributed by atoms with E-state index in [4.69, 9.17) is 0 Å². The molecule has 1 aliphatic rings. The van der Waals surface area contributed by atoms with Gasteiger partial charge < -0.3 is 10.2 Å². The van der Waals surface area contributed by atoms with Gasteiger partial charge >= 0.3 is 0 Å². The normalized spacial score (nSPS) is 15.4. The van der Waals surface area contributed by atoms with Crippen molar-refractivity contribution in [3.05, 3.63) is 64.1 Å². The highest BCUT2D eigenvalue weighted by molar-refractivity contribution is 9.10. The van der Waals surface area contributed by atoms with Gasteiger partial charge in [0.05, 0.1) is 5.56 Å². The molecule has 1 unspecified atom stereocenters. The lowest BCUT2D eigenvalue weighted by atomic mass is 10.1. The summed E-state index contributed by atoms with van der Waals surface area (Å²) in [4.78, 5) is 39.8. The molecule has 2 aromatic carbocycles. The number of nitrogens with zero attached hydrogens (tertiary/aromatic N) is 2. The minimum Gasteiger partial charge on any atom is -0.352 e. The van der Waals surface area contributed by atoms with Gasteiger partial charge in [-0.15, -0.1) is 0 Å². The molecule has 1 aliphatic heterocycles. The molecule has 32 heavy (non-hydrogen) atoms. The Balaban J connectivity index is 1.89. The van der Waals surface area contributed by atoms with E-state index in [9.17, 15) is 22.8 Å². The van der Waals surface area contributed by atoms with Gasteiger partial charge in [-0.1, -0.05) is 40.2 Å². The van der Waals surface area contributed by atoms with Gasteiger partial charge in [0, 0.05) is 17.1 Å². The summed E-state index contributed by atoms with van der Waals surface area (Å²) in [6.07, 6.45) is 0. The first-order chi connectivity index (χ1) is 15.0. The molecule has 1 N–H and O–H groups in total. The third-order valence-corrected chi connectivity index (χ3v) is 7.37. The van der Waals surface area contributed by atoms with Crippen LogP contribution < -0.4 is 5.32 Å². The van der Waals surface area contributed by atoms with E-state index in [1.165, 1.54) is 23.1 Å². The van der Waals surface area contributed by atoms with Crippen LogP contribution in [0.25, 0.3) is 0 Å². The summed E-state index contributed by atoms with van der Waals surface area (Å²) in [5.74, 6) is -1.77. The maximum absolute atomic E-state index is 13.3. The highest BCUT2D eigenvalue weighted by atomic mass is 79.9. The molecule has 0 bridgehead atoms. The van der Waals surface area contributed by atoms with Gasteiger partial charge in [0.25, 0.3) is 15.9 Å². The van der Waals surface area contributed by atoms with Crippen molar-refractivity contribution in [3.63, 3.8) is 0 Å². The van der Waals surface area contributed by atoms with E-state index in [2.05, 4.69) is 21.2 Å². The van der Waals surface area contributed by atoms with E-state index >= 15 is 0 Å². The van der Waals surface area contributed by atoms with Crippen LogP contribution in [0, 0.1) is 0 Å². The number of amides is 3. The number of halogens is 1. The summed E-state index contributed by atoms with van der Waals surface area (Å²) >= 11 is 3.36. The first-order valence-electron chi connectivity index (χ1n) is 10.0. The van der Waals surface area contributed by atoms with Crippen LogP contribution >= 0.6 is 15.9 Å². The SMILES string of the molecule is CC(C)NC(=O)C(C)N(Cc1ccc(Br)cc1)C(=O)CN1C(=O)c2ccccc2S1(=O)=O. The van der Waals surface area contributed by atoms with Crippen LogP contribution in [-0.4, -0.2) is 54.0 Å². The number of hydrogen-bond acceptors (Lipinski definition) is 5. The first-order valence-corrected chi connectivity index (χ1v) is 12.3. The zero-order valence-electron chi connectivity index (χ0n) is 17.9. The van der Waals surface area contributed by atoms with Crippen molar-refractivity contribution in [1.29, 1.82) is 0 Å². The number of fused-ring (bicyclic) bond motifs is 1. The molecule has 0 aromatic heterocycles. The fourth-order valence-electron chi connectivity index (χ4n) is 3.38. The first kappa shape index (κ1) is 23.9. The lowest BCUT2D eigenvalue weighted by molar-refractivity contribution is -0.140. The Kier molecular flexibility index (Phi) is 7.04. The van der Waals surface area contributed by atoms with Crippen LogP contribution in [-0.2, 0) is 26.2 Å². The molecule has 0 saturated heterocycles. The summed E-state index contributed by atoms with van der Waals surface area (Å²) in [6, 6.07) is 12.0. The summed E-state index contributed by atoms with van der Waals surface area (Å²) in [6.45, 7) is 4.57. The van der Waals surface area contributed by atoms with Gasteiger partial charge in [-0.2, -0.15) is 0 Å². The number of sulfonamides is 1. The van der Waals surface area contributed by atoms with Crippen molar-refractivity contribution in [2.75, 3.05) is 6.54 Å². The lowest BCUT2D eigenvalue weighted by Gasteiger charge is -2.30. The molecule has 0 saturated carbocycles. The van der Waals surface area contributed by atoms with Crippen molar-refractivity contribution >= 4 is 43.7 Å². The largest absolute Gasteiger partial charge is 0.352 e. The molecule has 0 aliphatic carbocycles. The molecule has 170 valence electrons. The van der Waals surface area contributed by atoms with Crippen molar-refractivity contribution in [2.45, 2.75) is 44.3 Å². The van der Waals surface area contributed by atoms with Crippen molar-refractivity contribution in [2.24, 2.45) is 0 Å². The number of hydrogen-bond donors (Lipinski definition) is 1. The second kappa shape index (κ2) is 9.41. The average Bonchev–Trinajstić information content (AvgIpc) is 2.93. The summed E-state index contributed by atoms with van der Waals surface area (Å²) in [7, 11) is -4.14. The summed E-state index contributed by atoms with van der Waals surface area (Å²) < 4.78 is 27.1. The van der Waals surface area contributed by atoms with Gasteiger partial charge in [-0.05, 0) is 50.6 Å². The molecular formula is C22H24BrN3O5S. The smallest absolute Gasteiger partial charge is 0.269 e. The molecule has 1 heterocycles. The Morgan fingerprint density at radius 3 is 2.28 bits per heavy atom. The topological polar surface area (TPSA) is 104 Å². The minimum atomic E-state index is -4.14. The summed E-state index contributed by atoms with van der Waals surface area (Å²) in [5, 5.41) is 2.77. The van der Waals surface area contributed by atoms with E-state index in [0.717, 1.165) is 10.0 Å². The maximum Gasteiger partial charge on any atom is 0.269 e. The van der Waals surface area contributed by atoms with Gasteiger partial charge in [-0.3, -0.25) is 14.4 Å². The van der Waals surface area contributed by atoms with E-state index in [1.807, 2.05) is 12.1 Å². The molecular weight excluding hydrogens is 498 g/mol. The fourth-order valence-corrected chi connectivity index (χ4v) is 5.16. The van der Waals surface area contributed by atoms with Crippen LogP contribution in [0.5, 0.6) is 0 Å². The molecule has 10 heteroatoms. The monoisotopic (exact) mass is 521 g/mol. The second-order valence-electron chi connectivity index (χ2n) is 7.80. The zero-order valence-corrected chi connectivity index (χ0v) is 20.3. The van der Waals surface area contributed by atoms with Crippen molar-refractivity contribution in [3.8, 4) is 0 Å². The number of carbonyl (C=O) groups is 3. The molecule has 3 rings (SSSR count). The molecule has 0 spiro atoms. The Morgan fingerprint density at radius 2 is 1.69 bits per heavy atom. The molecule has 2 aromatic rings. The summed E-state index contributed by atoms with van der Waals surface area (Å²) in [5.41, 5.74) is 0.787. The number of rotatable bonds is 7. The van der Waals surface area contributed by atoms with E-state index in [0.29, 0.717) is 4.31 Å². The Labute approximate surface area is 195 Å². The van der Waals surface area contributed by atoms with E-state index < -0.39 is 34.4 Å². The molecule has 1 atom stereocenters. The predicted octanol–water partition coefficient (Wildman–Crippen LogP) is 2.54. The van der Waals surface area contributed by atoms with Gasteiger partial charge in [0.15, 0.2) is 0 Å². The molecule has 3 amide bonds. The molecule has 0 fully saturated rings. The van der Waals surface area contributed by atoms with Crippen molar-refractivity contribution in [1.82, 2.24) is 14.5 Å². The van der Waals surface area contributed by atoms with Crippen LogP contribution in [0.1, 0.15) is 36.7 Å². The Hall–Kier alpha value is -2.72. The Morgan fingerprint density at radius 1 is 1.06 bits per heavy atom. The van der Waals surface area contributed by atoms with Gasteiger partial charge in [0.1, 0.15) is 17.5 Å². The van der Waals surface area contributed by atoms with Crippen LogP contribution in [0.2, 0.25) is 0 Å². The van der Waals surface area contributed by atoms with Crippen LogP contribution in [0.3, 0.4) is 0 Å². The van der Waals surface area contributed by atoms with Crippen LogP contribution in [0.15, 0.2) is 57.9 Å². The van der Waals surface area contributed by atoms with E-state index in [1.54, 1.807) is 39.0 Å². The molecule has 0 radical (unpaired) electrons. The quantitative estimate of drug-likeness (QED) is 0.602. The number of nitrogens with one attached hydrogen (secondary N) is 1. The standard InChI is InChI=1S/C22H24BrN3O5S/c1-14(2)24-21(28)15(3)25(12-16-8-10-17(23)11-9-16)20(27)13-26-22(29)18-6-4-5-7-19(18)32(26,30)31/h4-11,14-15H,12-13H2,1-3H3,(H,24,28). The fraction of sp³-hybridized carbons (Fsp3) is 0.318. The predicted molar refractivity (Wildman–Crippen MR) is 122 cm³/mol. The number of carbonyl (C=O) groups excluding carboxylic acids is 3.